The standard InChI is InChI=1S/C17H20N4O2/c1-2-8-18-16(22)13-20-9-5-10-21(12-11-20)17-19-14-6-3-4-7-15(14)23-17/h1,3-4,6-7H,5,8-13H2,(H,18,22). The normalized spacial score (nSPS) is 16.0. The van der Waals surface area contributed by atoms with E-state index in [-0.39, 0.29) is 12.5 Å². The second-order valence-electron chi connectivity index (χ2n) is 5.56. The summed E-state index contributed by atoms with van der Waals surface area (Å²) in [4.78, 5) is 20.6. The monoisotopic (exact) mass is 312 g/mol. The average molecular weight is 312 g/mol. The zero-order valence-corrected chi connectivity index (χ0v) is 13.0. The number of oxazole rings is 1. The Bertz CT molecular complexity index is 686. The Kier molecular flexibility index (Phi) is 4.79. The SMILES string of the molecule is C#CCNC(=O)CN1CCCN(c2nc3ccccc3o2)CC1. The van der Waals surface area contributed by atoms with Crippen molar-refractivity contribution in [3.63, 3.8) is 0 Å². The fraction of sp³-hybridized carbons (Fsp3) is 0.412. The topological polar surface area (TPSA) is 61.6 Å². The molecule has 2 aromatic rings. The molecule has 120 valence electrons. The third-order valence-corrected chi connectivity index (χ3v) is 3.90. The van der Waals surface area contributed by atoms with Crippen LogP contribution in [-0.2, 0) is 4.79 Å². The molecule has 3 rings (SSSR count). The molecule has 0 unspecified atom stereocenters. The minimum Gasteiger partial charge on any atom is -0.423 e. The number of carbonyl (C=O) groups is 1. The van der Waals surface area contributed by atoms with E-state index in [1.165, 1.54) is 0 Å². The van der Waals surface area contributed by atoms with Gasteiger partial charge in [-0.05, 0) is 18.6 Å². The molecule has 1 aromatic carbocycles. The summed E-state index contributed by atoms with van der Waals surface area (Å²) < 4.78 is 5.83. The van der Waals surface area contributed by atoms with Crippen molar-refractivity contribution in [3.8, 4) is 12.3 Å². The van der Waals surface area contributed by atoms with Gasteiger partial charge in [0, 0.05) is 26.2 Å². The maximum atomic E-state index is 11.8. The molecule has 2 heterocycles. The minimum atomic E-state index is -0.0294. The summed E-state index contributed by atoms with van der Waals surface area (Å²) in [6.07, 6.45) is 6.11. The van der Waals surface area contributed by atoms with Crippen LogP contribution in [0.3, 0.4) is 0 Å². The average Bonchev–Trinajstić information content (AvgIpc) is 2.86. The molecule has 1 aliphatic rings. The predicted molar refractivity (Wildman–Crippen MR) is 89.1 cm³/mol. The molecule has 6 heteroatoms. The number of nitrogens with one attached hydrogen (secondary N) is 1. The lowest BCUT2D eigenvalue weighted by Crippen LogP contribution is -2.39. The van der Waals surface area contributed by atoms with Gasteiger partial charge >= 0.3 is 0 Å². The first-order valence-corrected chi connectivity index (χ1v) is 7.79. The van der Waals surface area contributed by atoms with Gasteiger partial charge in [0.05, 0.1) is 13.1 Å². The van der Waals surface area contributed by atoms with Crippen molar-refractivity contribution in [2.75, 3.05) is 44.2 Å². The van der Waals surface area contributed by atoms with Crippen molar-refractivity contribution in [2.45, 2.75) is 6.42 Å². The van der Waals surface area contributed by atoms with Crippen molar-refractivity contribution in [3.05, 3.63) is 24.3 Å². The van der Waals surface area contributed by atoms with E-state index in [0.29, 0.717) is 12.6 Å². The number of amides is 1. The smallest absolute Gasteiger partial charge is 0.298 e. The highest BCUT2D eigenvalue weighted by molar-refractivity contribution is 5.78. The van der Waals surface area contributed by atoms with Crippen molar-refractivity contribution in [1.29, 1.82) is 0 Å². The van der Waals surface area contributed by atoms with E-state index in [4.69, 9.17) is 10.8 Å². The lowest BCUT2D eigenvalue weighted by molar-refractivity contribution is -0.121. The molecular formula is C17H20N4O2. The quantitative estimate of drug-likeness (QED) is 0.856. The van der Waals surface area contributed by atoms with E-state index in [2.05, 4.69) is 26.0 Å². The summed E-state index contributed by atoms with van der Waals surface area (Å²) in [5.41, 5.74) is 1.68. The van der Waals surface area contributed by atoms with Gasteiger partial charge < -0.3 is 14.6 Å². The molecule has 0 saturated carbocycles. The Morgan fingerprint density at radius 3 is 3.00 bits per heavy atom. The Morgan fingerprint density at radius 2 is 2.17 bits per heavy atom. The second kappa shape index (κ2) is 7.16. The molecule has 23 heavy (non-hydrogen) atoms. The van der Waals surface area contributed by atoms with Crippen LogP contribution >= 0.6 is 0 Å². The third kappa shape index (κ3) is 3.82. The van der Waals surface area contributed by atoms with Crippen molar-refractivity contribution in [1.82, 2.24) is 15.2 Å². The van der Waals surface area contributed by atoms with Gasteiger partial charge in [0.1, 0.15) is 5.52 Å². The molecule has 0 spiro atoms. The molecule has 0 radical (unpaired) electrons. The first-order valence-electron chi connectivity index (χ1n) is 7.79. The Balaban J connectivity index is 1.60. The van der Waals surface area contributed by atoms with Gasteiger partial charge in [-0.3, -0.25) is 9.69 Å². The number of carbonyl (C=O) groups excluding carboxylic acids is 1. The largest absolute Gasteiger partial charge is 0.423 e. The number of anilines is 1. The zero-order valence-electron chi connectivity index (χ0n) is 13.0. The summed E-state index contributed by atoms with van der Waals surface area (Å²) in [5, 5.41) is 2.70. The summed E-state index contributed by atoms with van der Waals surface area (Å²) in [7, 11) is 0. The summed E-state index contributed by atoms with van der Waals surface area (Å²) >= 11 is 0. The highest BCUT2D eigenvalue weighted by Gasteiger charge is 2.20. The Labute approximate surface area is 135 Å². The third-order valence-electron chi connectivity index (χ3n) is 3.90. The van der Waals surface area contributed by atoms with Crippen LogP contribution in [0.25, 0.3) is 11.1 Å². The highest BCUT2D eigenvalue weighted by Crippen LogP contribution is 2.22. The van der Waals surface area contributed by atoms with E-state index in [9.17, 15) is 4.79 Å². The number of nitrogens with zero attached hydrogens (tertiary/aromatic N) is 3. The molecule has 1 N–H and O–H groups in total. The lowest BCUT2D eigenvalue weighted by Gasteiger charge is -2.20. The van der Waals surface area contributed by atoms with Gasteiger partial charge in [-0.25, -0.2) is 0 Å². The summed E-state index contributed by atoms with van der Waals surface area (Å²) in [6.45, 7) is 3.98. The first kappa shape index (κ1) is 15.4. The molecule has 1 saturated heterocycles. The summed E-state index contributed by atoms with van der Waals surface area (Å²) in [6, 6.07) is 8.42. The van der Waals surface area contributed by atoms with Gasteiger partial charge in [0.25, 0.3) is 6.01 Å². The number of para-hydroxylation sites is 2. The van der Waals surface area contributed by atoms with Crippen LogP contribution in [0.15, 0.2) is 28.7 Å². The van der Waals surface area contributed by atoms with Gasteiger partial charge in [-0.2, -0.15) is 4.98 Å². The molecule has 1 fully saturated rings. The Morgan fingerprint density at radius 1 is 1.30 bits per heavy atom. The molecule has 1 amide bonds. The highest BCUT2D eigenvalue weighted by atomic mass is 16.4. The number of rotatable bonds is 4. The first-order chi connectivity index (χ1) is 11.3. The summed E-state index contributed by atoms with van der Waals surface area (Å²) in [5.74, 6) is 2.38. The van der Waals surface area contributed by atoms with E-state index in [0.717, 1.165) is 43.7 Å². The molecule has 0 atom stereocenters. The fourth-order valence-corrected chi connectivity index (χ4v) is 2.72. The van der Waals surface area contributed by atoms with Gasteiger partial charge in [-0.15, -0.1) is 6.42 Å². The lowest BCUT2D eigenvalue weighted by atomic mass is 10.3. The van der Waals surface area contributed by atoms with E-state index >= 15 is 0 Å². The van der Waals surface area contributed by atoms with E-state index < -0.39 is 0 Å². The van der Waals surface area contributed by atoms with E-state index in [1.54, 1.807) is 0 Å². The van der Waals surface area contributed by atoms with Crippen molar-refractivity contribution < 1.29 is 9.21 Å². The van der Waals surface area contributed by atoms with Crippen LogP contribution in [0.2, 0.25) is 0 Å². The number of fused-ring (bicyclic) bond motifs is 1. The molecular weight excluding hydrogens is 292 g/mol. The van der Waals surface area contributed by atoms with Crippen LogP contribution in [0, 0.1) is 12.3 Å². The van der Waals surface area contributed by atoms with Gasteiger partial charge in [0.2, 0.25) is 5.91 Å². The van der Waals surface area contributed by atoms with Crippen LogP contribution < -0.4 is 10.2 Å². The maximum Gasteiger partial charge on any atom is 0.298 e. The van der Waals surface area contributed by atoms with Crippen LogP contribution in [0.5, 0.6) is 0 Å². The maximum absolute atomic E-state index is 11.8. The van der Waals surface area contributed by atoms with Gasteiger partial charge in [-0.1, -0.05) is 18.1 Å². The van der Waals surface area contributed by atoms with E-state index in [1.807, 2.05) is 24.3 Å². The molecule has 1 aromatic heterocycles. The number of hydrogen-bond donors (Lipinski definition) is 1. The molecule has 6 nitrogen and oxygen atoms in total. The van der Waals surface area contributed by atoms with Crippen molar-refractivity contribution >= 4 is 23.0 Å². The molecule has 0 aliphatic carbocycles. The second-order valence-corrected chi connectivity index (χ2v) is 5.56. The number of benzene rings is 1. The van der Waals surface area contributed by atoms with Crippen LogP contribution in [0.4, 0.5) is 6.01 Å². The number of aromatic nitrogens is 1. The number of terminal acetylenes is 1. The van der Waals surface area contributed by atoms with Crippen LogP contribution in [0.1, 0.15) is 6.42 Å². The number of hydrogen-bond acceptors (Lipinski definition) is 5. The van der Waals surface area contributed by atoms with Crippen molar-refractivity contribution in [2.24, 2.45) is 0 Å². The predicted octanol–water partition coefficient (Wildman–Crippen LogP) is 1.09. The molecule has 1 aliphatic heterocycles. The van der Waals surface area contributed by atoms with Crippen LogP contribution in [-0.4, -0.2) is 55.1 Å². The van der Waals surface area contributed by atoms with Gasteiger partial charge in [0.15, 0.2) is 5.58 Å². The Hall–Kier alpha value is -2.52. The molecule has 0 bridgehead atoms. The minimum absolute atomic E-state index is 0.0294. The fourth-order valence-electron chi connectivity index (χ4n) is 2.72. The zero-order chi connectivity index (χ0) is 16.1.